The molecule has 0 unspecified atom stereocenters. The summed E-state index contributed by atoms with van der Waals surface area (Å²) in [6, 6.07) is 4.27. The molecule has 7 heteroatoms. The maximum Gasteiger partial charge on any atom is 0.244 e. The van der Waals surface area contributed by atoms with E-state index in [0.29, 0.717) is 18.7 Å². The molecule has 1 atom stereocenters. The summed E-state index contributed by atoms with van der Waals surface area (Å²) < 4.78 is 26.0. The zero-order valence-corrected chi connectivity index (χ0v) is 13.3. The molecule has 6 nitrogen and oxygen atoms in total. The molecule has 1 aliphatic heterocycles. The maximum atomic E-state index is 12.4. The van der Waals surface area contributed by atoms with Crippen molar-refractivity contribution in [3.8, 4) is 0 Å². The fraction of sp³-hybridized carbons (Fsp3) is 0.500. The van der Waals surface area contributed by atoms with Gasteiger partial charge in [-0.3, -0.25) is 4.79 Å². The second-order valence-corrected chi connectivity index (χ2v) is 7.39. The van der Waals surface area contributed by atoms with Crippen molar-refractivity contribution >= 4 is 21.6 Å². The molecule has 116 valence electrons. The van der Waals surface area contributed by atoms with Crippen LogP contribution in [-0.4, -0.2) is 34.0 Å². The summed E-state index contributed by atoms with van der Waals surface area (Å²) in [4.78, 5) is 14.2. The Balaban J connectivity index is 2.39. The van der Waals surface area contributed by atoms with Gasteiger partial charge in [-0.25, -0.2) is 13.1 Å². The number of benzene rings is 1. The first-order chi connectivity index (χ1) is 9.77. The smallest absolute Gasteiger partial charge is 0.244 e. The SMILES string of the molecule is CNS(=O)(=O)c1ccc2c(c1)N(C(=O)[C@@H](N)C(C)C)CC2. The van der Waals surface area contributed by atoms with E-state index in [2.05, 4.69) is 4.72 Å². The number of carbonyl (C=O) groups is 1. The van der Waals surface area contributed by atoms with Gasteiger partial charge in [0.2, 0.25) is 15.9 Å². The summed E-state index contributed by atoms with van der Waals surface area (Å²) >= 11 is 0. The van der Waals surface area contributed by atoms with Crippen molar-refractivity contribution in [3.05, 3.63) is 23.8 Å². The molecule has 0 bridgehead atoms. The number of hydrogen-bond donors (Lipinski definition) is 2. The molecule has 1 aromatic carbocycles. The van der Waals surface area contributed by atoms with Crippen LogP contribution in [0, 0.1) is 5.92 Å². The summed E-state index contributed by atoms with van der Waals surface area (Å²) in [5.41, 5.74) is 7.54. The highest BCUT2D eigenvalue weighted by Gasteiger charge is 2.30. The van der Waals surface area contributed by atoms with E-state index in [-0.39, 0.29) is 16.7 Å². The topological polar surface area (TPSA) is 92.5 Å². The van der Waals surface area contributed by atoms with E-state index in [9.17, 15) is 13.2 Å². The van der Waals surface area contributed by atoms with Crippen LogP contribution in [-0.2, 0) is 21.2 Å². The summed E-state index contributed by atoms with van der Waals surface area (Å²) in [6.07, 6.45) is 0.714. The van der Waals surface area contributed by atoms with Crippen LogP contribution >= 0.6 is 0 Å². The van der Waals surface area contributed by atoms with Gasteiger partial charge in [0, 0.05) is 12.2 Å². The molecule has 0 aromatic heterocycles. The average molecular weight is 311 g/mol. The van der Waals surface area contributed by atoms with Crippen LogP contribution in [0.5, 0.6) is 0 Å². The Kier molecular flexibility index (Phi) is 4.36. The minimum absolute atomic E-state index is 0.0331. The lowest BCUT2D eigenvalue weighted by Gasteiger charge is -2.24. The van der Waals surface area contributed by atoms with Gasteiger partial charge in [-0.2, -0.15) is 0 Å². The number of amides is 1. The van der Waals surface area contributed by atoms with Gasteiger partial charge < -0.3 is 10.6 Å². The zero-order valence-electron chi connectivity index (χ0n) is 12.5. The van der Waals surface area contributed by atoms with Crippen molar-refractivity contribution in [2.45, 2.75) is 31.2 Å². The summed E-state index contributed by atoms with van der Waals surface area (Å²) in [7, 11) is -2.16. The number of anilines is 1. The predicted octanol–water partition coefficient (Wildman–Crippen LogP) is 0.467. The number of nitrogens with zero attached hydrogens (tertiary/aromatic N) is 1. The summed E-state index contributed by atoms with van der Waals surface area (Å²) in [5.74, 6) is -0.131. The van der Waals surface area contributed by atoms with E-state index < -0.39 is 16.1 Å². The molecule has 0 fully saturated rings. The molecule has 1 amide bonds. The van der Waals surface area contributed by atoms with E-state index in [0.717, 1.165) is 5.56 Å². The molecule has 0 aliphatic carbocycles. The highest BCUT2D eigenvalue weighted by Crippen LogP contribution is 2.31. The first-order valence-electron chi connectivity index (χ1n) is 6.91. The van der Waals surface area contributed by atoms with Gasteiger partial charge in [0.05, 0.1) is 10.9 Å². The van der Waals surface area contributed by atoms with Gasteiger partial charge in [-0.1, -0.05) is 19.9 Å². The van der Waals surface area contributed by atoms with E-state index >= 15 is 0 Å². The second kappa shape index (κ2) is 5.75. The number of rotatable bonds is 4. The number of sulfonamides is 1. The van der Waals surface area contributed by atoms with Gasteiger partial charge >= 0.3 is 0 Å². The van der Waals surface area contributed by atoms with Crippen LogP contribution in [0.2, 0.25) is 0 Å². The number of fused-ring (bicyclic) bond motifs is 1. The van der Waals surface area contributed by atoms with Gasteiger partial charge in [-0.05, 0) is 37.1 Å². The van der Waals surface area contributed by atoms with Crippen LogP contribution in [0.15, 0.2) is 23.1 Å². The monoisotopic (exact) mass is 311 g/mol. The molecular weight excluding hydrogens is 290 g/mol. The van der Waals surface area contributed by atoms with Crippen molar-refractivity contribution < 1.29 is 13.2 Å². The molecular formula is C14H21N3O3S. The maximum absolute atomic E-state index is 12.4. The first kappa shape index (κ1) is 15.9. The number of nitrogens with one attached hydrogen (secondary N) is 1. The van der Waals surface area contributed by atoms with Crippen molar-refractivity contribution in [1.82, 2.24) is 4.72 Å². The Bertz CT molecular complexity index is 655. The first-order valence-corrected chi connectivity index (χ1v) is 8.39. The highest BCUT2D eigenvalue weighted by atomic mass is 32.2. The van der Waals surface area contributed by atoms with Crippen LogP contribution in [0.25, 0.3) is 0 Å². The molecule has 2 rings (SSSR count). The third-order valence-corrected chi connectivity index (χ3v) is 5.21. The van der Waals surface area contributed by atoms with E-state index in [1.165, 1.54) is 7.05 Å². The lowest BCUT2D eigenvalue weighted by molar-refractivity contribution is -0.120. The molecule has 0 saturated carbocycles. The second-order valence-electron chi connectivity index (χ2n) is 5.51. The fourth-order valence-corrected chi connectivity index (χ4v) is 3.09. The molecule has 0 spiro atoms. The van der Waals surface area contributed by atoms with Crippen LogP contribution in [0.4, 0.5) is 5.69 Å². The number of carbonyl (C=O) groups excluding carboxylic acids is 1. The third kappa shape index (κ3) is 2.95. The zero-order chi connectivity index (χ0) is 15.8. The number of nitrogens with two attached hydrogens (primary N) is 1. The van der Waals surface area contributed by atoms with Crippen LogP contribution in [0.1, 0.15) is 19.4 Å². The van der Waals surface area contributed by atoms with Crippen molar-refractivity contribution in [1.29, 1.82) is 0 Å². The molecule has 0 saturated heterocycles. The molecule has 3 N–H and O–H groups in total. The summed E-state index contributed by atoms with van der Waals surface area (Å²) in [6.45, 7) is 4.32. The molecule has 1 aromatic rings. The average Bonchev–Trinajstić information content (AvgIpc) is 2.88. The Morgan fingerprint density at radius 1 is 1.38 bits per heavy atom. The predicted molar refractivity (Wildman–Crippen MR) is 81.6 cm³/mol. The third-order valence-electron chi connectivity index (χ3n) is 3.80. The minimum Gasteiger partial charge on any atom is -0.320 e. The quantitative estimate of drug-likeness (QED) is 0.845. The van der Waals surface area contributed by atoms with Crippen molar-refractivity contribution in [2.75, 3.05) is 18.5 Å². The highest BCUT2D eigenvalue weighted by molar-refractivity contribution is 7.89. The van der Waals surface area contributed by atoms with Gasteiger partial charge in [0.25, 0.3) is 0 Å². The Morgan fingerprint density at radius 3 is 2.62 bits per heavy atom. The normalized spacial score (nSPS) is 16.1. The Hall–Kier alpha value is -1.44. The lowest BCUT2D eigenvalue weighted by atomic mass is 10.0. The molecule has 0 radical (unpaired) electrons. The van der Waals surface area contributed by atoms with E-state index in [1.807, 2.05) is 13.8 Å². The van der Waals surface area contributed by atoms with Crippen LogP contribution < -0.4 is 15.4 Å². The standard InChI is InChI=1S/C14H21N3O3S/c1-9(2)13(15)14(18)17-7-6-10-4-5-11(8-12(10)17)21(19,20)16-3/h4-5,8-9,13,16H,6-7,15H2,1-3H3/t13-/m0/s1. The van der Waals surface area contributed by atoms with Crippen molar-refractivity contribution in [3.63, 3.8) is 0 Å². The van der Waals surface area contributed by atoms with Gasteiger partial charge in [0.1, 0.15) is 0 Å². The molecule has 1 heterocycles. The van der Waals surface area contributed by atoms with Crippen molar-refractivity contribution in [2.24, 2.45) is 11.7 Å². The van der Waals surface area contributed by atoms with E-state index in [1.54, 1.807) is 23.1 Å². The van der Waals surface area contributed by atoms with E-state index in [4.69, 9.17) is 5.73 Å². The molecule has 1 aliphatic rings. The number of hydrogen-bond acceptors (Lipinski definition) is 4. The molecule has 21 heavy (non-hydrogen) atoms. The van der Waals surface area contributed by atoms with Gasteiger partial charge in [-0.15, -0.1) is 0 Å². The Labute approximate surface area is 125 Å². The fourth-order valence-electron chi connectivity index (χ4n) is 2.34. The Morgan fingerprint density at radius 2 is 2.05 bits per heavy atom. The van der Waals surface area contributed by atoms with Gasteiger partial charge in [0.15, 0.2) is 0 Å². The minimum atomic E-state index is -3.52. The summed E-state index contributed by atoms with van der Waals surface area (Å²) in [5, 5.41) is 0. The largest absolute Gasteiger partial charge is 0.320 e. The lowest BCUT2D eigenvalue weighted by Crippen LogP contribution is -2.46. The van der Waals surface area contributed by atoms with Crippen LogP contribution in [0.3, 0.4) is 0 Å².